The number of phosphoric ester groups is 1. The molecule has 0 aromatic carbocycles. The molecule has 0 saturated carbocycles. The standard InChI is InChI=1S/C13H16N3O8PS/c1-5-2-6-3-16(13(26)15-10(6)14-11(5)19)12-9(18)8(17)7(24-12)4-23-25(20,21)22/h2-3,7-9,12,17-18H,4H2,1H3,(H2,20,21,22)(H,14,15,19,26)/t7-,8?,9+,12-/m1/s1. The minimum Gasteiger partial charge on any atom is -0.387 e. The zero-order valence-corrected chi connectivity index (χ0v) is 15.1. The van der Waals surface area contributed by atoms with Gasteiger partial charge >= 0.3 is 7.82 Å². The van der Waals surface area contributed by atoms with E-state index in [1.54, 1.807) is 13.0 Å². The van der Waals surface area contributed by atoms with E-state index in [0.717, 1.165) is 0 Å². The van der Waals surface area contributed by atoms with Crippen molar-refractivity contribution in [3.8, 4) is 0 Å². The number of aliphatic hydroxyl groups is 2. The first-order valence-corrected chi connectivity index (χ1v) is 9.35. The van der Waals surface area contributed by atoms with Gasteiger partial charge in [0.25, 0.3) is 5.56 Å². The van der Waals surface area contributed by atoms with E-state index in [4.69, 9.17) is 26.7 Å². The number of nitrogens with one attached hydrogen (secondary N) is 1. The number of aromatic amines is 1. The van der Waals surface area contributed by atoms with Crippen molar-refractivity contribution in [3.05, 3.63) is 33.0 Å². The molecule has 142 valence electrons. The van der Waals surface area contributed by atoms with Gasteiger partial charge in [-0.1, -0.05) is 0 Å². The Labute approximate surface area is 151 Å². The van der Waals surface area contributed by atoms with Crippen molar-refractivity contribution in [2.75, 3.05) is 6.61 Å². The summed E-state index contributed by atoms with van der Waals surface area (Å²) in [6.45, 7) is 0.990. The summed E-state index contributed by atoms with van der Waals surface area (Å²) in [5.41, 5.74) is 0.402. The zero-order chi connectivity index (χ0) is 19.2. The van der Waals surface area contributed by atoms with Gasteiger partial charge in [-0.05, 0) is 25.2 Å². The van der Waals surface area contributed by atoms with Gasteiger partial charge in [-0.2, -0.15) is 0 Å². The molecule has 1 fully saturated rings. The molecule has 1 saturated heterocycles. The molecule has 3 rings (SSSR count). The SMILES string of the molecule is Cc1cc2cn([C@@H]3O[C@H](COP(=O)(O)O)C(O)[C@@H]3O)c(=S)nc2[nH]c1=O. The van der Waals surface area contributed by atoms with Crippen LogP contribution in [0.4, 0.5) is 0 Å². The van der Waals surface area contributed by atoms with Crippen LogP contribution in [-0.2, 0) is 13.8 Å². The second-order valence-corrected chi connectivity index (χ2v) is 7.45. The summed E-state index contributed by atoms with van der Waals surface area (Å²) in [6, 6.07) is 1.58. The molecule has 0 amide bonds. The third-order valence-corrected chi connectivity index (χ3v) is 4.75. The van der Waals surface area contributed by atoms with Gasteiger partial charge in [0, 0.05) is 17.1 Å². The molecule has 3 heterocycles. The minimum absolute atomic E-state index is 0.0233. The Hall–Kier alpha value is -1.50. The highest BCUT2D eigenvalue weighted by atomic mass is 32.1. The number of fused-ring (bicyclic) bond motifs is 1. The lowest BCUT2D eigenvalue weighted by molar-refractivity contribution is -0.0531. The Morgan fingerprint density at radius 1 is 1.42 bits per heavy atom. The summed E-state index contributed by atoms with van der Waals surface area (Å²) >= 11 is 5.15. The van der Waals surface area contributed by atoms with E-state index in [1.807, 2.05) is 0 Å². The van der Waals surface area contributed by atoms with E-state index in [2.05, 4.69) is 14.5 Å². The van der Waals surface area contributed by atoms with Crippen molar-refractivity contribution < 1.29 is 33.8 Å². The van der Waals surface area contributed by atoms with Gasteiger partial charge in [-0.15, -0.1) is 0 Å². The first-order valence-electron chi connectivity index (χ1n) is 7.41. The fourth-order valence-corrected chi connectivity index (χ4v) is 3.23. The number of aliphatic hydroxyl groups excluding tert-OH is 2. The number of nitrogens with zero attached hydrogens (tertiary/aromatic N) is 2. The molecule has 26 heavy (non-hydrogen) atoms. The van der Waals surface area contributed by atoms with Crippen molar-refractivity contribution in [3.63, 3.8) is 0 Å². The van der Waals surface area contributed by atoms with Crippen molar-refractivity contribution >= 4 is 31.1 Å². The highest BCUT2D eigenvalue weighted by Gasteiger charge is 2.44. The number of rotatable bonds is 4. The number of H-pyrrole nitrogens is 1. The molecule has 0 aliphatic carbocycles. The number of aromatic nitrogens is 3. The van der Waals surface area contributed by atoms with E-state index in [0.29, 0.717) is 10.9 Å². The molecular formula is C13H16N3O8PS. The number of phosphoric acid groups is 1. The van der Waals surface area contributed by atoms with E-state index < -0.39 is 39.0 Å². The fourth-order valence-electron chi connectivity index (χ4n) is 2.64. The highest BCUT2D eigenvalue weighted by molar-refractivity contribution is 7.71. The number of hydrogen-bond donors (Lipinski definition) is 5. The largest absolute Gasteiger partial charge is 0.469 e. The Bertz CT molecular complexity index is 1000. The lowest BCUT2D eigenvalue weighted by atomic mass is 10.1. The molecular weight excluding hydrogens is 389 g/mol. The molecule has 4 atom stereocenters. The van der Waals surface area contributed by atoms with Gasteiger partial charge < -0.3 is 29.7 Å². The molecule has 11 nitrogen and oxygen atoms in total. The van der Waals surface area contributed by atoms with Crippen LogP contribution in [0.25, 0.3) is 11.0 Å². The average Bonchev–Trinajstić information content (AvgIpc) is 2.81. The molecule has 0 spiro atoms. The van der Waals surface area contributed by atoms with Gasteiger partial charge in [0.15, 0.2) is 6.23 Å². The van der Waals surface area contributed by atoms with E-state index in [-0.39, 0.29) is 16.0 Å². The molecule has 1 aliphatic heterocycles. The maximum absolute atomic E-state index is 11.7. The average molecular weight is 405 g/mol. The van der Waals surface area contributed by atoms with Gasteiger partial charge in [0.2, 0.25) is 4.77 Å². The summed E-state index contributed by atoms with van der Waals surface area (Å²) < 4.78 is 21.9. The van der Waals surface area contributed by atoms with Crippen LogP contribution in [0.5, 0.6) is 0 Å². The topological polar surface area (TPSA) is 167 Å². The first kappa shape index (κ1) is 19.3. The van der Waals surface area contributed by atoms with Crippen LogP contribution in [0.1, 0.15) is 11.8 Å². The van der Waals surface area contributed by atoms with Crippen molar-refractivity contribution in [2.45, 2.75) is 31.5 Å². The quantitative estimate of drug-likeness (QED) is 0.330. The fraction of sp³-hybridized carbons (Fsp3) is 0.462. The summed E-state index contributed by atoms with van der Waals surface area (Å²) in [5, 5.41) is 20.8. The molecule has 0 radical (unpaired) electrons. The van der Waals surface area contributed by atoms with Crippen molar-refractivity contribution in [1.82, 2.24) is 14.5 Å². The maximum Gasteiger partial charge on any atom is 0.469 e. The van der Waals surface area contributed by atoms with E-state index in [9.17, 15) is 19.6 Å². The van der Waals surface area contributed by atoms with Crippen LogP contribution in [0.2, 0.25) is 0 Å². The Morgan fingerprint density at radius 3 is 2.77 bits per heavy atom. The van der Waals surface area contributed by atoms with Crippen LogP contribution in [0, 0.1) is 11.7 Å². The maximum atomic E-state index is 11.7. The number of ether oxygens (including phenoxy) is 1. The smallest absolute Gasteiger partial charge is 0.387 e. The Morgan fingerprint density at radius 2 is 2.12 bits per heavy atom. The molecule has 5 N–H and O–H groups in total. The van der Waals surface area contributed by atoms with Crippen molar-refractivity contribution in [1.29, 1.82) is 0 Å². The Balaban J connectivity index is 1.94. The van der Waals surface area contributed by atoms with Gasteiger partial charge in [-0.25, -0.2) is 9.55 Å². The normalized spacial score (nSPS) is 26.5. The second kappa shape index (κ2) is 6.91. The molecule has 2 aromatic heterocycles. The molecule has 1 aliphatic rings. The van der Waals surface area contributed by atoms with Crippen LogP contribution in [-0.4, -0.2) is 59.5 Å². The van der Waals surface area contributed by atoms with E-state index >= 15 is 0 Å². The first-order chi connectivity index (χ1) is 12.1. The van der Waals surface area contributed by atoms with Crippen LogP contribution >= 0.6 is 20.0 Å². The minimum atomic E-state index is -4.75. The van der Waals surface area contributed by atoms with Crippen molar-refractivity contribution in [2.24, 2.45) is 0 Å². The Kier molecular flexibility index (Phi) is 5.12. The summed E-state index contributed by atoms with van der Waals surface area (Å²) in [6.07, 6.45) is -3.72. The monoisotopic (exact) mass is 405 g/mol. The predicted octanol–water partition coefficient (Wildman–Crippen LogP) is -0.509. The predicted molar refractivity (Wildman–Crippen MR) is 89.8 cm³/mol. The zero-order valence-electron chi connectivity index (χ0n) is 13.3. The number of aryl methyl sites for hydroxylation is 1. The molecule has 0 bridgehead atoms. The third-order valence-electron chi connectivity index (χ3n) is 3.96. The van der Waals surface area contributed by atoms with Gasteiger partial charge in [0.05, 0.1) is 6.61 Å². The third kappa shape index (κ3) is 3.77. The number of pyridine rings is 1. The highest BCUT2D eigenvalue weighted by Crippen LogP contribution is 2.38. The molecule has 2 aromatic rings. The van der Waals surface area contributed by atoms with Crippen LogP contribution < -0.4 is 5.56 Å². The summed E-state index contributed by atoms with van der Waals surface area (Å²) in [5.74, 6) is 0. The lowest BCUT2D eigenvalue weighted by Crippen LogP contribution is -2.33. The van der Waals surface area contributed by atoms with Crippen LogP contribution in [0.3, 0.4) is 0 Å². The van der Waals surface area contributed by atoms with E-state index in [1.165, 1.54) is 10.8 Å². The molecule has 13 heteroatoms. The van der Waals surface area contributed by atoms with Crippen LogP contribution in [0.15, 0.2) is 17.1 Å². The summed E-state index contributed by atoms with van der Waals surface area (Å²) in [4.78, 5) is 35.8. The molecule has 1 unspecified atom stereocenters. The van der Waals surface area contributed by atoms with Gasteiger partial charge in [-0.3, -0.25) is 13.9 Å². The second-order valence-electron chi connectivity index (χ2n) is 5.85. The number of hydrogen-bond acceptors (Lipinski definition) is 8. The van der Waals surface area contributed by atoms with Gasteiger partial charge in [0.1, 0.15) is 24.0 Å². The lowest BCUT2D eigenvalue weighted by Gasteiger charge is -2.18. The summed E-state index contributed by atoms with van der Waals surface area (Å²) in [7, 11) is -4.75.